The molecule has 6 heteroatoms. The van der Waals surface area contributed by atoms with Crippen molar-refractivity contribution < 1.29 is 25.2 Å². The maximum Gasteiger partial charge on any atom is 0.222 e. The molecule has 0 bridgehead atoms. The van der Waals surface area contributed by atoms with Gasteiger partial charge in [0.25, 0.3) is 0 Å². The van der Waals surface area contributed by atoms with Crippen LogP contribution in [0.3, 0.4) is 0 Å². The summed E-state index contributed by atoms with van der Waals surface area (Å²) >= 11 is 0. The zero-order valence-corrected chi connectivity index (χ0v) is 28.8. The predicted molar refractivity (Wildman–Crippen MR) is 182 cm³/mol. The highest BCUT2D eigenvalue weighted by Gasteiger charge is 2.17. The van der Waals surface area contributed by atoms with Gasteiger partial charge in [0, 0.05) is 19.5 Å². The van der Waals surface area contributed by atoms with Gasteiger partial charge in [-0.2, -0.15) is 0 Å². The SMILES string of the molecule is CCCCCCCCCCCCCCCCN(CC(O)CO)C(=O)CCCCCCCC(O)C(O)CCCCCCCC. The Labute approximate surface area is 267 Å². The van der Waals surface area contributed by atoms with Crippen LogP contribution >= 0.6 is 0 Å². The third kappa shape index (κ3) is 28.5. The normalized spacial score (nSPS) is 13.7. The van der Waals surface area contributed by atoms with Crippen molar-refractivity contribution in [2.45, 2.75) is 212 Å². The second-order valence-electron chi connectivity index (χ2n) is 13.3. The Morgan fingerprint density at radius 1 is 0.512 bits per heavy atom. The summed E-state index contributed by atoms with van der Waals surface area (Å²) in [5.74, 6) is 0.0791. The molecule has 0 aliphatic heterocycles. The van der Waals surface area contributed by atoms with E-state index in [1.165, 1.54) is 103 Å². The Morgan fingerprint density at radius 3 is 1.26 bits per heavy atom. The van der Waals surface area contributed by atoms with Crippen molar-refractivity contribution in [1.82, 2.24) is 4.90 Å². The highest BCUT2D eigenvalue weighted by Crippen LogP contribution is 2.16. The van der Waals surface area contributed by atoms with Gasteiger partial charge >= 0.3 is 0 Å². The average Bonchev–Trinajstić information content (AvgIpc) is 3.01. The Morgan fingerprint density at radius 2 is 0.860 bits per heavy atom. The van der Waals surface area contributed by atoms with Gasteiger partial charge < -0.3 is 25.3 Å². The Hall–Kier alpha value is -0.690. The van der Waals surface area contributed by atoms with E-state index in [9.17, 15) is 25.2 Å². The number of hydrogen-bond donors (Lipinski definition) is 4. The zero-order chi connectivity index (χ0) is 31.8. The molecule has 0 aromatic heterocycles. The second kappa shape index (κ2) is 32.7. The lowest BCUT2D eigenvalue weighted by Gasteiger charge is -2.25. The quantitative estimate of drug-likeness (QED) is 0.0543. The summed E-state index contributed by atoms with van der Waals surface area (Å²) in [4.78, 5) is 14.6. The van der Waals surface area contributed by atoms with Crippen molar-refractivity contribution in [3.63, 3.8) is 0 Å². The molecule has 1 amide bonds. The van der Waals surface area contributed by atoms with E-state index in [4.69, 9.17) is 0 Å². The standard InChI is InChI=1S/C37H75NO5/c1-3-5-7-9-11-12-13-14-15-16-17-18-23-27-31-38(32-34(40)33-39)37(43)30-26-22-19-21-25-29-36(42)35(41)28-24-20-10-8-6-4-2/h34-36,39-42H,3-33H2,1-2H3. The summed E-state index contributed by atoms with van der Waals surface area (Å²) < 4.78 is 0. The molecule has 0 aliphatic carbocycles. The molecule has 6 nitrogen and oxygen atoms in total. The van der Waals surface area contributed by atoms with Gasteiger partial charge in [-0.15, -0.1) is 0 Å². The molecule has 0 spiro atoms. The number of aliphatic hydroxyl groups is 4. The first-order valence-electron chi connectivity index (χ1n) is 18.9. The van der Waals surface area contributed by atoms with Crippen molar-refractivity contribution in [2.75, 3.05) is 19.7 Å². The van der Waals surface area contributed by atoms with Crippen molar-refractivity contribution in [1.29, 1.82) is 0 Å². The van der Waals surface area contributed by atoms with E-state index in [1.54, 1.807) is 4.90 Å². The summed E-state index contributed by atoms with van der Waals surface area (Å²) in [7, 11) is 0. The van der Waals surface area contributed by atoms with Gasteiger partial charge in [-0.05, 0) is 25.7 Å². The number of carbonyl (C=O) groups is 1. The average molecular weight is 614 g/mol. The lowest BCUT2D eigenvalue weighted by molar-refractivity contribution is -0.133. The molecule has 4 N–H and O–H groups in total. The van der Waals surface area contributed by atoms with E-state index in [2.05, 4.69) is 13.8 Å². The second-order valence-corrected chi connectivity index (χ2v) is 13.3. The van der Waals surface area contributed by atoms with Crippen molar-refractivity contribution >= 4 is 5.91 Å². The first-order chi connectivity index (χ1) is 21.0. The molecule has 0 radical (unpaired) electrons. The maximum absolute atomic E-state index is 12.8. The first kappa shape index (κ1) is 42.3. The predicted octanol–water partition coefficient (Wildman–Crippen LogP) is 8.85. The number of rotatable bonds is 34. The molecule has 0 saturated heterocycles. The topological polar surface area (TPSA) is 101 Å². The lowest BCUT2D eigenvalue weighted by atomic mass is 9.99. The number of aliphatic hydroxyl groups excluding tert-OH is 4. The molecule has 0 saturated carbocycles. The fourth-order valence-electron chi connectivity index (χ4n) is 5.96. The van der Waals surface area contributed by atoms with Gasteiger partial charge in [0.1, 0.15) is 0 Å². The van der Waals surface area contributed by atoms with Crippen LogP contribution in [0, 0.1) is 0 Å². The van der Waals surface area contributed by atoms with E-state index >= 15 is 0 Å². The van der Waals surface area contributed by atoms with E-state index in [-0.39, 0.29) is 19.1 Å². The first-order valence-corrected chi connectivity index (χ1v) is 18.9. The number of nitrogens with zero attached hydrogens (tertiary/aromatic N) is 1. The van der Waals surface area contributed by atoms with Crippen LogP contribution in [0.1, 0.15) is 194 Å². The zero-order valence-electron chi connectivity index (χ0n) is 28.8. The summed E-state index contributed by atoms with van der Waals surface area (Å²) in [6, 6.07) is 0. The Bertz CT molecular complexity index is 575. The maximum atomic E-state index is 12.8. The largest absolute Gasteiger partial charge is 0.394 e. The molecular formula is C37H75NO5. The third-order valence-corrected chi connectivity index (χ3v) is 8.96. The van der Waals surface area contributed by atoms with Crippen LogP contribution in [0.4, 0.5) is 0 Å². The Balaban J connectivity index is 3.89. The summed E-state index contributed by atoms with van der Waals surface area (Å²) in [6.45, 7) is 5.04. The van der Waals surface area contributed by atoms with Crippen molar-refractivity contribution in [3.05, 3.63) is 0 Å². The molecule has 0 rings (SSSR count). The lowest BCUT2D eigenvalue weighted by Crippen LogP contribution is -2.39. The summed E-state index contributed by atoms with van der Waals surface area (Å²) in [6.07, 6.45) is 29.8. The van der Waals surface area contributed by atoms with Gasteiger partial charge in [0.2, 0.25) is 5.91 Å². The molecule has 0 aliphatic rings. The van der Waals surface area contributed by atoms with Gasteiger partial charge in [0.05, 0.1) is 24.9 Å². The minimum Gasteiger partial charge on any atom is -0.394 e. The number of carbonyl (C=O) groups excluding carboxylic acids is 1. The molecular weight excluding hydrogens is 538 g/mol. The summed E-state index contributed by atoms with van der Waals surface area (Å²) in [5, 5.41) is 39.7. The van der Waals surface area contributed by atoms with Gasteiger partial charge in [0.15, 0.2) is 0 Å². The van der Waals surface area contributed by atoms with Crippen LogP contribution in [-0.4, -0.2) is 69.2 Å². The minimum atomic E-state index is -0.876. The van der Waals surface area contributed by atoms with Crippen LogP contribution in [-0.2, 0) is 4.79 Å². The van der Waals surface area contributed by atoms with Crippen LogP contribution in [0.15, 0.2) is 0 Å². The highest BCUT2D eigenvalue weighted by molar-refractivity contribution is 5.76. The highest BCUT2D eigenvalue weighted by atomic mass is 16.3. The van der Waals surface area contributed by atoms with Gasteiger partial charge in [-0.3, -0.25) is 4.79 Å². The van der Waals surface area contributed by atoms with E-state index < -0.39 is 18.3 Å². The minimum absolute atomic E-state index is 0.0791. The van der Waals surface area contributed by atoms with E-state index in [1.807, 2.05) is 0 Å². The fraction of sp³-hybridized carbons (Fsp3) is 0.973. The van der Waals surface area contributed by atoms with Crippen molar-refractivity contribution in [3.8, 4) is 0 Å². The van der Waals surface area contributed by atoms with E-state index in [0.29, 0.717) is 25.8 Å². The van der Waals surface area contributed by atoms with Crippen LogP contribution in [0.5, 0.6) is 0 Å². The van der Waals surface area contributed by atoms with Crippen LogP contribution in [0.25, 0.3) is 0 Å². The number of unbranched alkanes of at least 4 members (excludes halogenated alkanes) is 22. The monoisotopic (exact) mass is 614 g/mol. The van der Waals surface area contributed by atoms with Crippen molar-refractivity contribution in [2.24, 2.45) is 0 Å². The molecule has 3 atom stereocenters. The molecule has 0 heterocycles. The third-order valence-electron chi connectivity index (χ3n) is 8.96. The smallest absolute Gasteiger partial charge is 0.222 e. The van der Waals surface area contributed by atoms with Gasteiger partial charge in [-0.25, -0.2) is 0 Å². The molecule has 3 unspecified atom stereocenters. The molecule has 0 aromatic rings. The molecule has 43 heavy (non-hydrogen) atoms. The molecule has 0 aromatic carbocycles. The number of hydrogen-bond acceptors (Lipinski definition) is 5. The Kier molecular flexibility index (Phi) is 32.2. The summed E-state index contributed by atoms with van der Waals surface area (Å²) in [5.41, 5.74) is 0. The van der Waals surface area contributed by atoms with Crippen LogP contribution < -0.4 is 0 Å². The number of amides is 1. The van der Waals surface area contributed by atoms with Gasteiger partial charge in [-0.1, -0.05) is 162 Å². The fourth-order valence-corrected chi connectivity index (χ4v) is 5.96. The molecule has 0 fully saturated rings. The van der Waals surface area contributed by atoms with Crippen LogP contribution in [0.2, 0.25) is 0 Å². The van der Waals surface area contributed by atoms with E-state index in [0.717, 1.165) is 57.8 Å². The molecule has 258 valence electrons.